The van der Waals surface area contributed by atoms with Gasteiger partial charge >= 0.3 is 0 Å². The van der Waals surface area contributed by atoms with Crippen molar-refractivity contribution in [2.24, 2.45) is 5.14 Å². The van der Waals surface area contributed by atoms with Crippen molar-refractivity contribution >= 4 is 39.3 Å². The average molecular weight is 329 g/mol. The number of primary sulfonamides is 1. The first-order valence-corrected chi connectivity index (χ1v) is 8.87. The van der Waals surface area contributed by atoms with Crippen LogP contribution in [0.2, 0.25) is 0 Å². The molecule has 21 heavy (non-hydrogen) atoms. The molecule has 1 aliphatic rings. The molecule has 1 fully saturated rings. The molecule has 0 aromatic heterocycles. The van der Waals surface area contributed by atoms with E-state index < -0.39 is 16.1 Å². The van der Waals surface area contributed by atoms with E-state index >= 15 is 0 Å². The van der Waals surface area contributed by atoms with Gasteiger partial charge in [0, 0.05) is 23.6 Å². The normalized spacial score (nSPS) is 19.5. The van der Waals surface area contributed by atoms with Gasteiger partial charge < -0.3 is 10.6 Å². The van der Waals surface area contributed by atoms with E-state index in [-0.39, 0.29) is 16.7 Å². The number of carbonyl (C=O) groups excluding carboxylic acids is 2. The molecule has 2 amide bonds. The van der Waals surface area contributed by atoms with Crippen LogP contribution in [0.1, 0.15) is 6.42 Å². The number of amides is 2. The maximum atomic E-state index is 12.1. The summed E-state index contributed by atoms with van der Waals surface area (Å²) < 4.78 is 22.3. The first kappa shape index (κ1) is 15.8. The van der Waals surface area contributed by atoms with E-state index in [1.165, 1.54) is 36.0 Å². The number of thioether (sulfide) groups is 1. The molecular formula is C12H15N3O4S2. The molecule has 9 heteroatoms. The van der Waals surface area contributed by atoms with E-state index in [1.54, 1.807) is 0 Å². The summed E-state index contributed by atoms with van der Waals surface area (Å²) in [6, 6.07) is 4.92. The van der Waals surface area contributed by atoms with Crippen LogP contribution >= 0.6 is 11.8 Å². The Balaban J connectivity index is 2.03. The van der Waals surface area contributed by atoms with Crippen molar-refractivity contribution in [2.45, 2.75) is 17.4 Å². The van der Waals surface area contributed by atoms with Crippen molar-refractivity contribution in [2.75, 3.05) is 16.8 Å². The number of benzene rings is 1. The summed E-state index contributed by atoms with van der Waals surface area (Å²) in [4.78, 5) is 23.5. The maximum Gasteiger partial charge on any atom is 0.247 e. The number of sulfonamides is 1. The third-order valence-corrected chi connectivity index (χ3v) is 4.85. The number of anilines is 1. The van der Waals surface area contributed by atoms with Crippen LogP contribution < -0.4 is 15.8 Å². The topological polar surface area (TPSA) is 118 Å². The Labute approximate surface area is 126 Å². The number of hydrogen-bond acceptors (Lipinski definition) is 5. The quantitative estimate of drug-likeness (QED) is 0.715. The number of carbonyl (C=O) groups is 2. The molecule has 0 unspecified atom stereocenters. The molecule has 1 aromatic rings. The molecule has 0 aliphatic carbocycles. The van der Waals surface area contributed by atoms with Crippen LogP contribution in [0.25, 0.3) is 0 Å². The highest BCUT2D eigenvalue weighted by atomic mass is 32.2. The van der Waals surface area contributed by atoms with Gasteiger partial charge in [-0.25, -0.2) is 13.6 Å². The van der Waals surface area contributed by atoms with Crippen LogP contribution in [0.3, 0.4) is 0 Å². The minimum absolute atomic E-state index is 0.0289. The van der Waals surface area contributed by atoms with E-state index in [4.69, 9.17) is 5.14 Å². The maximum absolute atomic E-state index is 12.1. The van der Waals surface area contributed by atoms with Crippen molar-refractivity contribution in [3.8, 4) is 0 Å². The molecule has 1 aliphatic heterocycles. The molecule has 4 N–H and O–H groups in total. The Hall–Kier alpha value is -1.58. The van der Waals surface area contributed by atoms with Crippen molar-refractivity contribution in [3.05, 3.63) is 24.3 Å². The zero-order valence-electron chi connectivity index (χ0n) is 11.0. The molecular weight excluding hydrogens is 314 g/mol. The summed E-state index contributed by atoms with van der Waals surface area (Å²) >= 11 is 1.53. The number of hydrogen-bond donors (Lipinski definition) is 3. The lowest BCUT2D eigenvalue weighted by atomic mass is 10.2. The SMILES string of the molecule is NS(=O)(=O)c1ccc(NC(=O)[C@H]2CSCCC(=O)N2)cc1. The molecule has 0 spiro atoms. The molecule has 0 bridgehead atoms. The summed E-state index contributed by atoms with van der Waals surface area (Å²) in [6.45, 7) is 0. The second-order valence-corrected chi connectivity index (χ2v) is 7.21. The lowest BCUT2D eigenvalue weighted by molar-refractivity contribution is -0.125. The summed E-state index contributed by atoms with van der Waals surface area (Å²) in [5, 5.41) is 10.3. The van der Waals surface area contributed by atoms with Crippen LogP contribution in [-0.2, 0) is 19.6 Å². The predicted molar refractivity (Wildman–Crippen MR) is 80.3 cm³/mol. The lowest BCUT2D eigenvalue weighted by Gasteiger charge is -2.15. The van der Waals surface area contributed by atoms with E-state index in [2.05, 4.69) is 10.6 Å². The van der Waals surface area contributed by atoms with Gasteiger partial charge in [-0.3, -0.25) is 9.59 Å². The summed E-state index contributed by atoms with van der Waals surface area (Å²) in [7, 11) is -3.75. The number of nitrogens with one attached hydrogen (secondary N) is 2. The van der Waals surface area contributed by atoms with Crippen LogP contribution in [0, 0.1) is 0 Å². The van der Waals surface area contributed by atoms with Crippen molar-refractivity contribution in [3.63, 3.8) is 0 Å². The summed E-state index contributed by atoms with van der Waals surface area (Å²) in [5.41, 5.74) is 0.441. The molecule has 2 rings (SSSR count). The molecule has 1 atom stereocenters. The predicted octanol–water partition coefficient (Wildman–Crippen LogP) is -0.106. The molecule has 7 nitrogen and oxygen atoms in total. The Bertz CT molecular complexity index is 643. The lowest BCUT2D eigenvalue weighted by Crippen LogP contribution is -2.44. The Morgan fingerprint density at radius 2 is 2.00 bits per heavy atom. The van der Waals surface area contributed by atoms with Gasteiger partial charge in [0.2, 0.25) is 21.8 Å². The zero-order valence-corrected chi connectivity index (χ0v) is 12.7. The van der Waals surface area contributed by atoms with Crippen LogP contribution in [0.15, 0.2) is 29.2 Å². The second-order valence-electron chi connectivity index (χ2n) is 4.50. The Kier molecular flexibility index (Phi) is 4.86. The van der Waals surface area contributed by atoms with Crippen LogP contribution in [0.5, 0.6) is 0 Å². The first-order chi connectivity index (χ1) is 9.86. The largest absolute Gasteiger partial charge is 0.343 e. The minimum Gasteiger partial charge on any atom is -0.343 e. The highest BCUT2D eigenvalue weighted by Crippen LogP contribution is 2.15. The molecule has 0 radical (unpaired) electrons. The van der Waals surface area contributed by atoms with Gasteiger partial charge in [-0.05, 0) is 24.3 Å². The monoisotopic (exact) mass is 329 g/mol. The fourth-order valence-electron chi connectivity index (χ4n) is 1.77. The van der Waals surface area contributed by atoms with Gasteiger partial charge in [0.15, 0.2) is 0 Å². The van der Waals surface area contributed by atoms with Gasteiger partial charge in [-0.1, -0.05) is 0 Å². The van der Waals surface area contributed by atoms with Crippen molar-refractivity contribution < 1.29 is 18.0 Å². The van der Waals surface area contributed by atoms with Gasteiger partial charge in [0.1, 0.15) is 6.04 Å². The smallest absolute Gasteiger partial charge is 0.247 e. The minimum atomic E-state index is -3.75. The van der Waals surface area contributed by atoms with Crippen LogP contribution in [-0.4, -0.2) is 37.8 Å². The Morgan fingerprint density at radius 3 is 2.62 bits per heavy atom. The van der Waals surface area contributed by atoms with Gasteiger partial charge in [0.05, 0.1) is 4.90 Å². The molecule has 1 heterocycles. The molecule has 1 aromatic carbocycles. The third-order valence-electron chi connectivity index (χ3n) is 2.86. The van der Waals surface area contributed by atoms with E-state index in [9.17, 15) is 18.0 Å². The standard InChI is InChI=1S/C12H15N3O4S2/c13-21(18,19)9-3-1-8(2-4-9)14-12(17)10-7-20-6-5-11(16)15-10/h1-4,10H,5-7H2,(H,14,17)(H,15,16)(H2,13,18,19)/t10-/m1/s1. The average Bonchev–Trinajstić information content (AvgIpc) is 2.63. The first-order valence-electron chi connectivity index (χ1n) is 6.17. The highest BCUT2D eigenvalue weighted by molar-refractivity contribution is 7.99. The molecule has 1 saturated heterocycles. The summed E-state index contributed by atoms with van der Waals surface area (Å²) in [6.07, 6.45) is 0.400. The van der Waals surface area contributed by atoms with Gasteiger partial charge in [-0.15, -0.1) is 0 Å². The van der Waals surface area contributed by atoms with E-state index in [0.717, 1.165) is 0 Å². The van der Waals surface area contributed by atoms with Crippen molar-refractivity contribution in [1.29, 1.82) is 0 Å². The van der Waals surface area contributed by atoms with Gasteiger partial charge in [0.25, 0.3) is 0 Å². The number of nitrogens with two attached hydrogens (primary N) is 1. The highest BCUT2D eigenvalue weighted by Gasteiger charge is 2.23. The molecule has 0 saturated carbocycles. The van der Waals surface area contributed by atoms with Crippen molar-refractivity contribution in [1.82, 2.24) is 5.32 Å². The van der Waals surface area contributed by atoms with Crippen LogP contribution in [0.4, 0.5) is 5.69 Å². The third kappa shape index (κ3) is 4.45. The fourth-order valence-corrected chi connectivity index (χ4v) is 3.26. The molecule has 114 valence electrons. The number of rotatable bonds is 3. The summed E-state index contributed by atoms with van der Waals surface area (Å²) in [5.74, 6) is 0.719. The fraction of sp³-hybridized carbons (Fsp3) is 0.333. The van der Waals surface area contributed by atoms with E-state index in [0.29, 0.717) is 23.6 Å². The zero-order chi connectivity index (χ0) is 15.5. The Morgan fingerprint density at radius 1 is 1.33 bits per heavy atom. The van der Waals surface area contributed by atoms with Gasteiger partial charge in [-0.2, -0.15) is 11.8 Å². The van der Waals surface area contributed by atoms with E-state index in [1.807, 2.05) is 0 Å². The second kappa shape index (κ2) is 6.46.